The molecule has 5 rings (SSSR count). The Morgan fingerprint density at radius 2 is 1.46 bits per heavy atom. The van der Waals surface area contributed by atoms with E-state index in [9.17, 15) is 5.11 Å². The van der Waals surface area contributed by atoms with Gasteiger partial charge in [0.15, 0.2) is 0 Å². The molecule has 0 aromatic heterocycles. The van der Waals surface area contributed by atoms with Gasteiger partial charge in [-0.2, -0.15) is 0 Å². The second kappa shape index (κ2) is 7.97. The highest BCUT2D eigenvalue weighted by Gasteiger charge is 2.45. The number of aliphatic hydroxyl groups is 1. The van der Waals surface area contributed by atoms with Crippen LogP contribution in [0.3, 0.4) is 0 Å². The minimum Gasteiger partial charge on any atom is -1.00 e. The van der Waals surface area contributed by atoms with Crippen LogP contribution in [-0.2, 0) is 10.3 Å². The Morgan fingerprint density at radius 1 is 0.962 bits per heavy atom. The van der Waals surface area contributed by atoms with Gasteiger partial charge in [0.25, 0.3) is 0 Å². The molecule has 3 fully saturated rings. The van der Waals surface area contributed by atoms with Crippen molar-refractivity contribution in [3.05, 3.63) is 71.8 Å². The predicted octanol–water partition coefficient (Wildman–Crippen LogP) is 0.182. The number of hydrogen-bond donors (Lipinski definition) is 1. The summed E-state index contributed by atoms with van der Waals surface area (Å²) in [6, 6.07) is 19.8. The number of benzene rings is 2. The van der Waals surface area contributed by atoms with Crippen molar-refractivity contribution in [2.75, 3.05) is 33.3 Å². The second-order valence-electron chi connectivity index (χ2n) is 8.03. The molecule has 140 valence electrons. The van der Waals surface area contributed by atoms with E-state index < -0.39 is 5.60 Å². The summed E-state index contributed by atoms with van der Waals surface area (Å²) < 4.78 is 7.51. The zero-order valence-corrected chi connectivity index (χ0v) is 17.5. The zero-order chi connectivity index (χ0) is 17.3. The third-order valence-electron chi connectivity index (χ3n) is 6.23. The van der Waals surface area contributed by atoms with Crippen LogP contribution >= 0.6 is 0 Å². The minimum atomic E-state index is -1.10. The highest BCUT2D eigenvalue weighted by atomic mass is 127. The van der Waals surface area contributed by atoms with Crippen molar-refractivity contribution >= 4 is 0 Å². The molecule has 2 aromatic rings. The number of fused-ring (bicyclic) bond motifs is 3. The molecule has 0 radical (unpaired) electrons. The summed E-state index contributed by atoms with van der Waals surface area (Å²) >= 11 is 0. The standard InChI is InChI=1S/C22H28NO2.HI/c1-23-14-12-18(13-15-23)21(16-23)25-17-22(24,19-8-4-2-5-9-19)20-10-6-3-7-11-20;/h2-11,18,21,24H,12-17H2,1H3;1H/q+1;/p-1. The molecule has 0 saturated carbocycles. The molecular weight excluding hydrogens is 437 g/mol. The molecule has 0 spiro atoms. The first-order chi connectivity index (χ1) is 12.1. The molecule has 3 nitrogen and oxygen atoms in total. The third-order valence-corrected chi connectivity index (χ3v) is 6.23. The lowest BCUT2D eigenvalue weighted by atomic mass is 9.83. The molecule has 3 saturated heterocycles. The second-order valence-corrected chi connectivity index (χ2v) is 8.03. The lowest BCUT2D eigenvalue weighted by Crippen LogP contribution is -3.00. The van der Waals surface area contributed by atoms with Crippen LogP contribution in [0.4, 0.5) is 0 Å². The number of nitrogens with zero attached hydrogens (tertiary/aromatic N) is 1. The number of halogens is 1. The molecule has 1 atom stereocenters. The predicted molar refractivity (Wildman–Crippen MR) is 99.1 cm³/mol. The van der Waals surface area contributed by atoms with E-state index >= 15 is 0 Å². The minimum absolute atomic E-state index is 0. The molecule has 1 N–H and O–H groups in total. The molecule has 2 bridgehead atoms. The van der Waals surface area contributed by atoms with E-state index in [1.165, 1.54) is 25.9 Å². The van der Waals surface area contributed by atoms with E-state index in [-0.39, 0.29) is 30.1 Å². The SMILES string of the molecule is C[N+]12CCC(CC1)C(OCC(O)(c1ccccc1)c1ccccc1)C2.[I-]. The van der Waals surface area contributed by atoms with Crippen LogP contribution in [0.2, 0.25) is 0 Å². The Hall–Kier alpha value is -0.950. The highest BCUT2D eigenvalue weighted by molar-refractivity contribution is 5.36. The van der Waals surface area contributed by atoms with Gasteiger partial charge in [-0.1, -0.05) is 60.7 Å². The molecule has 2 aromatic carbocycles. The monoisotopic (exact) mass is 465 g/mol. The Bertz CT molecular complexity index is 659. The van der Waals surface area contributed by atoms with Crippen molar-refractivity contribution in [1.29, 1.82) is 0 Å². The van der Waals surface area contributed by atoms with Gasteiger partial charge in [-0.05, 0) is 11.1 Å². The fourth-order valence-corrected chi connectivity index (χ4v) is 4.53. The average Bonchev–Trinajstić information content (AvgIpc) is 2.67. The lowest BCUT2D eigenvalue weighted by Gasteiger charge is -2.50. The van der Waals surface area contributed by atoms with Gasteiger partial charge in [0.1, 0.15) is 18.2 Å². The molecule has 3 heterocycles. The molecule has 26 heavy (non-hydrogen) atoms. The van der Waals surface area contributed by atoms with Gasteiger partial charge >= 0.3 is 0 Å². The number of piperidine rings is 3. The van der Waals surface area contributed by atoms with E-state index in [1.54, 1.807) is 0 Å². The number of quaternary nitrogens is 1. The summed E-state index contributed by atoms with van der Waals surface area (Å²) in [5.74, 6) is 0.649. The maximum atomic E-state index is 11.6. The van der Waals surface area contributed by atoms with Crippen molar-refractivity contribution in [1.82, 2.24) is 0 Å². The van der Waals surface area contributed by atoms with Crippen LogP contribution < -0.4 is 24.0 Å². The van der Waals surface area contributed by atoms with Gasteiger partial charge < -0.3 is 38.3 Å². The maximum Gasteiger partial charge on any atom is 0.138 e. The maximum absolute atomic E-state index is 11.6. The van der Waals surface area contributed by atoms with E-state index in [4.69, 9.17) is 4.74 Å². The van der Waals surface area contributed by atoms with Crippen LogP contribution in [0.15, 0.2) is 60.7 Å². The first-order valence-electron chi connectivity index (χ1n) is 9.38. The smallest absolute Gasteiger partial charge is 0.138 e. The Balaban J connectivity index is 0.00000196. The molecule has 1 unspecified atom stereocenters. The highest BCUT2D eigenvalue weighted by Crippen LogP contribution is 2.36. The molecule has 3 aliphatic heterocycles. The Labute approximate surface area is 173 Å². The number of rotatable bonds is 5. The van der Waals surface area contributed by atoms with Gasteiger partial charge in [-0.15, -0.1) is 0 Å². The van der Waals surface area contributed by atoms with E-state index in [0.717, 1.165) is 22.2 Å². The lowest BCUT2D eigenvalue weighted by molar-refractivity contribution is -0.928. The van der Waals surface area contributed by atoms with Crippen LogP contribution in [0.1, 0.15) is 24.0 Å². The van der Waals surface area contributed by atoms with Crippen LogP contribution in [0.25, 0.3) is 0 Å². The van der Waals surface area contributed by atoms with Gasteiger partial charge in [0.05, 0.1) is 26.7 Å². The summed E-state index contributed by atoms with van der Waals surface area (Å²) in [5.41, 5.74) is 0.679. The largest absolute Gasteiger partial charge is 1.00 e. The van der Waals surface area contributed by atoms with Crippen molar-refractivity contribution in [2.24, 2.45) is 5.92 Å². The number of hydrogen-bond acceptors (Lipinski definition) is 2. The fraction of sp³-hybridized carbons (Fsp3) is 0.455. The van der Waals surface area contributed by atoms with Gasteiger partial charge in [-0.3, -0.25) is 0 Å². The molecule has 3 aliphatic rings. The molecule has 0 amide bonds. The quantitative estimate of drug-likeness (QED) is 0.505. The van der Waals surface area contributed by atoms with Gasteiger partial charge in [0.2, 0.25) is 0 Å². The summed E-state index contributed by atoms with van der Waals surface area (Å²) in [4.78, 5) is 0. The van der Waals surface area contributed by atoms with Gasteiger partial charge in [0, 0.05) is 18.8 Å². The van der Waals surface area contributed by atoms with Gasteiger partial charge in [-0.25, -0.2) is 0 Å². The topological polar surface area (TPSA) is 29.5 Å². The van der Waals surface area contributed by atoms with Crippen molar-refractivity contribution in [3.8, 4) is 0 Å². The van der Waals surface area contributed by atoms with E-state index in [1.807, 2.05) is 60.7 Å². The average molecular weight is 465 g/mol. The summed E-state index contributed by atoms with van der Waals surface area (Å²) in [7, 11) is 2.34. The summed E-state index contributed by atoms with van der Waals surface area (Å²) in [5, 5.41) is 11.6. The van der Waals surface area contributed by atoms with Crippen LogP contribution in [0, 0.1) is 5.92 Å². The van der Waals surface area contributed by atoms with E-state index in [2.05, 4.69) is 7.05 Å². The molecule has 4 heteroatoms. The first-order valence-corrected chi connectivity index (χ1v) is 9.38. The summed E-state index contributed by atoms with van der Waals surface area (Å²) in [6.45, 7) is 3.92. The molecular formula is C22H28INO2. The number of ether oxygens (including phenoxy) is 1. The zero-order valence-electron chi connectivity index (χ0n) is 15.4. The Kier molecular flexibility index (Phi) is 6.07. The van der Waals surface area contributed by atoms with E-state index in [0.29, 0.717) is 12.5 Å². The van der Waals surface area contributed by atoms with Crippen molar-refractivity contribution in [2.45, 2.75) is 24.5 Å². The third kappa shape index (κ3) is 3.84. The first kappa shape index (κ1) is 19.8. The molecule has 0 aliphatic carbocycles. The van der Waals surface area contributed by atoms with Crippen molar-refractivity contribution in [3.63, 3.8) is 0 Å². The fourth-order valence-electron chi connectivity index (χ4n) is 4.53. The normalized spacial score (nSPS) is 27.8. The Morgan fingerprint density at radius 3 is 1.92 bits per heavy atom. The van der Waals surface area contributed by atoms with Crippen molar-refractivity contribution < 1.29 is 38.3 Å². The number of likely N-dealkylation sites (N-methyl/N-ethyl adjacent to an activating group) is 1. The summed E-state index contributed by atoms with van der Waals surface area (Å²) in [6.07, 6.45) is 2.75. The van der Waals surface area contributed by atoms with Crippen LogP contribution in [0.5, 0.6) is 0 Å². The van der Waals surface area contributed by atoms with Crippen LogP contribution in [-0.4, -0.2) is 49.0 Å².